The van der Waals surface area contributed by atoms with Crippen LogP contribution >= 0.6 is 0 Å². The highest BCUT2D eigenvalue weighted by atomic mass is 15.3. The van der Waals surface area contributed by atoms with E-state index in [2.05, 4.69) is 84.1 Å². The third-order valence-corrected chi connectivity index (χ3v) is 3.23. The molecule has 3 nitrogen and oxygen atoms in total. The van der Waals surface area contributed by atoms with Crippen molar-refractivity contribution in [2.75, 3.05) is 14.1 Å². The summed E-state index contributed by atoms with van der Waals surface area (Å²) in [6, 6.07) is 10.5. The van der Waals surface area contributed by atoms with Gasteiger partial charge in [-0.15, -0.1) is 0 Å². The van der Waals surface area contributed by atoms with Crippen LogP contribution in [0, 0.1) is 0 Å². The van der Waals surface area contributed by atoms with Crippen molar-refractivity contribution in [2.45, 2.75) is 26.1 Å². The Hall–Kier alpha value is -1.61. The molecule has 0 saturated heterocycles. The van der Waals surface area contributed by atoms with Crippen molar-refractivity contribution in [3.05, 3.63) is 54.6 Å². The van der Waals surface area contributed by atoms with Gasteiger partial charge in [0.25, 0.3) is 0 Å². The Balaban J connectivity index is 2.11. The molecule has 1 unspecified atom stereocenters. The van der Waals surface area contributed by atoms with Crippen LogP contribution in [0.15, 0.2) is 49.1 Å². The van der Waals surface area contributed by atoms with Crippen LogP contribution in [0.3, 0.4) is 0 Å². The quantitative estimate of drug-likeness (QED) is 0.735. The van der Waals surface area contributed by atoms with Gasteiger partial charge in [-0.2, -0.15) is 0 Å². The van der Waals surface area contributed by atoms with Crippen LogP contribution in [0.5, 0.6) is 0 Å². The number of rotatable bonds is 5. The first-order valence-corrected chi connectivity index (χ1v) is 6.47. The average Bonchev–Trinajstić information content (AvgIpc) is 2.79. The second-order valence-corrected chi connectivity index (χ2v) is 4.87. The van der Waals surface area contributed by atoms with E-state index in [9.17, 15) is 0 Å². The number of aromatic nitrogens is 2. The lowest BCUT2D eigenvalue weighted by atomic mass is 10.2. The van der Waals surface area contributed by atoms with E-state index in [0.717, 1.165) is 13.0 Å². The molecule has 1 aromatic carbocycles. The molecule has 0 aliphatic carbocycles. The van der Waals surface area contributed by atoms with Crippen molar-refractivity contribution in [1.29, 1.82) is 0 Å². The average molecular weight is 244 g/mol. The van der Waals surface area contributed by atoms with E-state index >= 15 is 0 Å². The summed E-state index contributed by atoms with van der Waals surface area (Å²) in [6.45, 7) is 3.14. The van der Waals surface area contributed by atoms with Crippen LogP contribution in [0.25, 0.3) is 0 Å². The second kappa shape index (κ2) is 5.83. The summed E-state index contributed by atoms with van der Waals surface area (Å²) in [6.07, 6.45) is 8.01. The van der Waals surface area contributed by atoms with Gasteiger partial charge in [-0.3, -0.25) is 4.90 Å². The minimum Gasteiger partial charge on any atom is -0.271 e. The first-order valence-electron chi connectivity index (χ1n) is 6.47. The number of benzene rings is 1. The normalized spacial score (nSPS) is 12.9. The van der Waals surface area contributed by atoms with Crippen molar-refractivity contribution >= 4 is 0 Å². The zero-order chi connectivity index (χ0) is 13.0. The van der Waals surface area contributed by atoms with Crippen molar-refractivity contribution in [1.82, 2.24) is 9.47 Å². The third kappa shape index (κ3) is 2.99. The second-order valence-electron chi connectivity index (χ2n) is 4.87. The summed E-state index contributed by atoms with van der Waals surface area (Å²) >= 11 is 0. The molecule has 96 valence electrons. The Kier molecular flexibility index (Phi) is 4.15. The van der Waals surface area contributed by atoms with Gasteiger partial charge in [0, 0.05) is 0 Å². The predicted molar refractivity (Wildman–Crippen MR) is 73.2 cm³/mol. The van der Waals surface area contributed by atoms with Crippen LogP contribution in [0.2, 0.25) is 0 Å². The van der Waals surface area contributed by atoms with Gasteiger partial charge < -0.3 is 0 Å². The van der Waals surface area contributed by atoms with Crippen LogP contribution in [-0.2, 0) is 6.54 Å². The first kappa shape index (κ1) is 12.8. The predicted octanol–water partition coefficient (Wildman–Crippen LogP) is 2.29. The molecule has 1 aromatic heterocycles. The van der Waals surface area contributed by atoms with Crippen LogP contribution < -0.4 is 4.57 Å². The van der Waals surface area contributed by atoms with Gasteiger partial charge >= 0.3 is 0 Å². The van der Waals surface area contributed by atoms with Crippen LogP contribution in [-0.4, -0.2) is 23.6 Å². The van der Waals surface area contributed by atoms with E-state index in [-0.39, 0.29) is 0 Å². The van der Waals surface area contributed by atoms with E-state index in [1.165, 1.54) is 5.56 Å². The van der Waals surface area contributed by atoms with E-state index in [4.69, 9.17) is 0 Å². The number of nitrogens with zero attached hydrogens (tertiary/aromatic N) is 3. The van der Waals surface area contributed by atoms with E-state index < -0.39 is 0 Å². The molecule has 1 heterocycles. The lowest BCUT2D eigenvalue weighted by Gasteiger charge is -2.18. The summed E-state index contributed by atoms with van der Waals surface area (Å²) in [7, 11) is 4.24. The molecule has 0 saturated carbocycles. The molecule has 0 N–H and O–H groups in total. The highest BCUT2D eigenvalue weighted by molar-refractivity contribution is 5.13. The summed E-state index contributed by atoms with van der Waals surface area (Å²) in [5.74, 6) is 0. The van der Waals surface area contributed by atoms with Gasteiger partial charge in [-0.1, -0.05) is 37.3 Å². The van der Waals surface area contributed by atoms with Crippen molar-refractivity contribution in [2.24, 2.45) is 0 Å². The van der Waals surface area contributed by atoms with Gasteiger partial charge in [-0.25, -0.2) is 9.13 Å². The Morgan fingerprint density at radius 1 is 1.22 bits per heavy atom. The molecule has 1 atom stereocenters. The van der Waals surface area contributed by atoms with Gasteiger partial charge in [0.05, 0.1) is 0 Å². The maximum Gasteiger partial charge on any atom is 0.245 e. The SMILES string of the molecule is CCC(N(C)C)n1cc[n+](Cc2ccccc2)c1. The molecular weight excluding hydrogens is 222 g/mol. The Morgan fingerprint density at radius 2 is 1.94 bits per heavy atom. The number of hydrogen-bond donors (Lipinski definition) is 0. The fourth-order valence-corrected chi connectivity index (χ4v) is 2.32. The van der Waals surface area contributed by atoms with Crippen molar-refractivity contribution < 1.29 is 4.57 Å². The molecule has 0 radical (unpaired) electrons. The molecule has 0 aliphatic rings. The van der Waals surface area contributed by atoms with Crippen LogP contribution in [0.1, 0.15) is 25.1 Å². The zero-order valence-electron chi connectivity index (χ0n) is 11.5. The molecule has 0 aliphatic heterocycles. The smallest absolute Gasteiger partial charge is 0.245 e. The number of hydrogen-bond acceptors (Lipinski definition) is 1. The molecule has 0 amide bonds. The maximum absolute atomic E-state index is 2.27. The summed E-state index contributed by atoms with van der Waals surface area (Å²) in [5, 5.41) is 0. The van der Waals surface area contributed by atoms with Gasteiger partial charge in [0.2, 0.25) is 6.33 Å². The molecule has 0 fully saturated rings. The Bertz CT molecular complexity index is 473. The zero-order valence-corrected chi connectivity index (χ0v) is 11.5. The van der Waals surface area contributed by atoms with Crippen molar-refractivity contribution in [3.8, 4) is 0 Å². The summed E-state index contributed by atoms with van der Waals surface area (Å²) in [5.41, 5.74) is 1.33. The Labute approximate surface area is 109 Å². The number of imidazole rings is 1. The maximum atomic E-state index is 2.27. The molecule has 18 heavy (non-hydrogen) atoms. The van der Waals surface area contributed by atoms with E-state index in [0.29, 0.717) is 6.17 Å². The molecule has 2 aromatic rings. The highest BCUT2D eigenvalue weighted by Gasteiger charge is 2.16. The lowest BCUT2D eigenvalue weighted by Crippen LogP contribution is -2.33. The minimum absolute atomic E-state index is 0.432. The summed E-state index contributed by atoms with van der Waals surface area (Å²) < 4.78 is 4.49. The molecular formula is C15H22N3+. The highest BCUT2D eigenvalue weighted by Crippen LogP contribution is 2.12. The molecule has 0 spiro atoms. The standard InChI is InChI=1S/C15H22N3/c1-4-15(16(2)3)18-11-10-17(13-18)12-14-8-6-5-7-9-14/h5-11,13,15H,4,12H2,1-3H3/q+1. The first-order chi connectivity index (χ1) is 8.70. The summed E-state index contributed by atoms with van der Waals surface area (Å²) in [4.78, 5) is 2.24. The molecule has 0 bridgehead atoms. The van der Waals surface area contributed by atoms with Crippen LogP contribution in [0.4, 0.5) is 0 Å². The fourth-order valence-electron chi connectivity index (χ4n) is 2.32. The minimum atomic E-state index is 0.432. The van der Waals surface area contributed by atoms with E-state index in [1.54, 1.807) is 0 Å². The van der Waals surface area contributed by atoms with E-state index in [1.807, 2.05) is 0 Å². The van der Waals surface area contributed by atoms with Gasteiger partial charge in [0.1, 0.15) is 18.9 Å². The monoisotopic (exact) mass is 244 g/mol. The fraction of sp³-hybridized carbons (Fsp3) is 0.400. The Morgan fingerprint density at radius 3 is 2.56 bits per heavy atom. The third-order valence-electron chi connectivity index (χ3n) is 3.23. The van der Waals surface area contributed by atoms with Crippen molar-refractivity contribution in [3.63, 3.8) is 0 Å². The van der Waals surface area contributed by atoms with Gasteiger partial charge in [-0.05, 0) is 26.1 Å². The molecule has 2 rings (SSSR count). The topological polar surface area (TPSA) is 12.1 Å². The lowest BCUT2D eigenvalue weighted by molar-refractivity contribution is -0.688. The largest absolute Gasteiger partial charge is 0.271 e. The van der Waals surface area contributed by atoms with Gasteiger partial charge in [0.15, 0.2) is 6.17 Å². The molecule has 3 heteroatoms.